The molecule has 0 radical (unpaired) electrons. The zero-order valence-electron chi connectivity index (χ0n) is 30.6. The van der Waals surface area contributed by atoms with E-state index in [4.69, 9.17) is 21.6 Å². The van der Waals surface area contributed by atoms with Gasteiger partial charge in [0.15, 0.2) is 11.5 Å². The number of piperidine rings is 2. The average molecular weight is 769 g/mol. The van der Waals surface area contributed by atoms with E-state index >= 15 is 0 Å². The number of nitrogens with one attached hydrogen (secondary N) is 3. The molecule has 2 aromatic heterocycles. The number of ether oxygens (including phenoxy) is 1. The lowest BCUT2D eigenvalue weighted by atomic mass is 9.93. The number of amides is 4. The summed E-state index contributed by atoms with van der Waals surface area (Å²) >= 11 is 6.14. The van der Waals surface area contributed by atoms with Gasteiger partial charge in [0.25, 0.3) is 11.8 Å². The Morgan fingerprint density at radius 3 is 2.25 bits per heavy atom. The second-order valence-electron chi connectivity index (χ2n) is 14.7. The van der Waals surface area contributed by atoms with Gasteiger partial charge in [-0.25, -0.2) is 4.98 Å². The minimum Gasteiger partial charge on any atom is -0.490 e. The van der Waals surface area contributed by atoms with Crippen molar-refractivity contribution in [2.45, 2.75) is 69.6 Å². The highest BCUT2D eigenvalue weighted by Crippen LogP contribution is 2.28. The Balaban J connectivity index is 0.789. The average Bonchev–Trinajstić information content (AvgIpc) is 3.20. The number of aromatic nitrogens is 3. The van der Waals surface area contributed by atoms with Crippen molar-refractivity contribution in [2.75, 3.05) is 55.6 Å². The van der Waals surface area contributed by atoms with Crippen LogP contribution in [-0.2, 0) is 9.59 Å². The lowest BCUT2D eigenvalue weighted by Gasteiger charge is -2.39. The van der Waals surface area contributed by atoms with Crippen LogP contribution in [0.15, 0.2) is 48.7 Å². The zero-order chi connectivity index (χ0) is 38.3. The van der Waals surface area contributed by atoms with Crippen molar-refractivity contribution in [3.8, 4) is 11.8 Å². The predicted molar refractivity (Wildman–Crippen MR) is 204 cm³/mol. The summed E-state index contributed by atoms with van der Waals surface area (Å²) in [7, 11) is 0. The molecule has 1 aromatic carbocycles. The lowest BCUT2D eigenvalue weighted by molar-refractivity contribution is -0.134. The number of hydrogen-bond donors (Lipinski definition) is 3. The first-order valence-corrected chi connectivity index (χ1v) is 19.4. The molecule has 1 unspecified atom stereocenters. The SMILES string of the molecule is N#Cc1ccc(O[C@H]2CC[C@H](NC(=O)c3ccc(N4CCC(CN5CCN(c6ccc(C(=O)NC7CCC(=O)NC7=O)nc6)CC5)CC4)nn3)CC2)cc1Cl. The summed E-state index contributed by atoms with van der Waals surface area (Å²) in [6, 6.07) is 13.7. The maximum absolute atomic E-state index is 13.0. The molecule has 7 rings (SSSR count). The van der Waals surface area contributed by atoms with Crippen molar-refractivity contribution >= 4 is 46.7 Å². The first kappa shape index (κ1) is 38.0. The quantitative estimate of drug-likeness (QED) is 0.257. The molecule has 5 heterocycles. The van der Waals surface area contributed by atoms with Gasteiger partial charge in [-0.1, -0.05) is 11.6 Å². The standard InChI is InChI=1S/C39H45ClN10O5/c40-31-21-30(5-1-26(31)22-41)55-29-6-2-27(3-7-29)43-39(54)34-9-11-35(47-46-34)50-15-13-25(14-16-50)24-48-17-19-49(20-18-48)28-4-8-32(42-23-28)37(52)44-33-10-12-36(51)45-38(33)53/h1,4-5,8-9,11,21,23,25,27,29,33H,2-3,6-7,10,12-20,24H2,(H,43,54)(H,44,52)(H,45,51,53)/t27-,29-,33?. The fraction of sp³-hybridized carbons (Fsp3) is 0.487. The summed E-state index contributed by atoms with van der Waals surface area (Å²) in [6.45, 7) is 6.43. The van der Waals surface area contributed by atoms with Gasteiger partial charge < -0.3 is 25.2 Å². The number of rotatable bonds is 10. The molecular weight excluding hydrogens is 724 g/mol. The fourth-order valence-corrected chi connectivity index (χ4v) is 7.93. The maximum atomic E-state index is 13.0. The van der Waals surface area contributed by atoms with Gasteiger partial charge in [0.05, 0.1) is 28.6 Å². The summed E-state index contributed by atoms with van der Waals surface area (Å²) in [6.07, 6.45) is 7.50. The third-order valence-electron chi connectivity index (χ3n) is 11.0. The van der Waals surface area contributed by atoms with E-state index in [2.05, 4.69) is 51.9 Å². The van der Waals surface area contributed by atoms with E-state index in [1.165, 1.54) is 0 Å². The van der Waals surface area contributed by atoms with Crippen LogP contribution >= 0.6 is 11.6 Å². The van der Waals surface area contributed by atoms with Crippen LogP contribution in [0.4, 0.5) is 11.5 Å². The Morgan fingerprint density at radius 1 is 0.855 bits per heavy atom. The van der Waals surface area contributed by atoms with Crippen LogP contribution in [0.5, 0.6) is 5.75 Å². The number of imide groups is 1. The Hall–Kier alpha value is -5.33. The van der Waals surface area contributed by atoms with Gasteiger partial charge in [-0.2, -0.15) is 5.26 Å². The first-order valence-electron chi connectivity index (χ1n) is 19.0. The summed E-state index contributed by atoms with van der Waals surface area (Å²) in [5, 5.41) is 26.2. The summed E-state index contributed by atoms with van der Waals surface area (Å²) in [5.41, 5.74) is 1.92. The van der Waals surface area contributed by atoms with E-state index in [1.807, 2.05) is 12.1 Å². The zero-order valence-corrected chi connectivity index (χ0v) is 31.3. The van der Waals surface area contributed by atoms with Gasteiger partial charge >= 0.3 is 0 Å². The first-order chi connectivity index (χ1) is 26.7. The Kier molecular flexibility index (Phi) is 12.0. The molecule has 3 aliphatic heterocycles. The molecule has 16 heteroatoms. The van der Waals surface area contributed by atoms with Gasteiger partial charge in [0.1, 0.15) is 23.6 Å². The maximum Gasteiger partial charge on any atom is 0.272 e. The monoisotopic (exact) mass is 768 g/mol. The Morgan fingerprint density at radius 2 is 1.60 bits per heavy atom. The molecule has 1 aliphatic carbocycles. The second-order valence-corrected chi connectivity index (χ2v) is 15.1. The number of nitriles is 1. The molecule has 0 bridgehead atoms. The van der Waals surface area contributed by atoms with Gasteiger partial charge in [-0.3, -0.25) is 29.4 Å². The van der Waals surface area contributed by atoms with Crippen LogP contribution in [0.3, 0.4) is 0 Å². The summed E-state index contributed by atoms with van der Waals surface area (Å²) in [4.78, 5) is 60.3. The number of benzene rings is 1. The van der Waals surface area contributed by atoms with Gasteiger partial charge in [-0.15, -0.1) is 10.2 Å². The van der Waals surface area contributed by atoms with Crippen molar-refractivity contribution in [3.05, 3.63) is 70.6 Å². The Labute approximate surface area is 324 Å². The molecule has 4 fully saturated rings. The Bertz CT molecular complexity index is 1900. The van der Waals surface area contributed by atoms with Crippen molar-refractivity contribution in [1.82, 2.24) is 36.0 Å². The highest BCUT2D eigenvalue weighted by atomic mass is 35.5. The van der Waals surface area contributed by atoms with Crippen LogP contribution < -0.4 is 30.5 Å². The molecule has 15 nitrogen and oxygen atoms in total. The molecule has 3 aromatic rings. The van der Waals surface area contributed by atoms with Gasteiger partial charge in [-0.05, 0) is 87.3 Å². The largest absolute Gasteiger partial charge is 0.490 e. The third kappa shape index (κ3) is 9.68. The highest BCUT2D eigenvalue weighted by molar-refractivity contribution is 6.31. The smallest absolute Gasteiger partial charge is 0.272 e. The minimum atomic E-state index is -0.735. The van der Waals surface area contributed by atoms with Crippen molar-refractivity contribution in [3.63, 3.8) is 0 Å². The number of anilines is 2. The number of piperazine rings is 1. The van der Waals surface area contributed by atoms with Crippen molar-refractivity contribution in [1.29, 1.82) is 5.26 Å². The van der Waals surface area contributed by atoms with Crippen LogP contribution in [0.2, 0.25) is 5.02 Å². The minimum absolute atomic E-state index is 0.0265. The summed E-state index contributed by atoms with van der Waals surface area (Å²) in [5.74, 6) is 0.558. The third-order valence-corrected chi connectivity index (χ3v) is 11.3. The fourth-order valence-electron chi connectivity index (χ4n) is 7.72. The van der Waals surface area contributed by atoms with Gasteiger partial charge in [0.2, 0.25) is 11.8 Å². The van der Waals surface area contributed by atoms with Gasteiger partial charge in [0, 0.05) is 64.3 Å². The van der Waals surface area contributed by atoms with E-state index in [9.17, 15) is 19.2 Å². The molecule has 4 aliphatic rings. The molecule has 1 atom stereocenters. The molecule has 1 saturated carbocycles. The molecule has 3 saturated heterocycles. The van der Waals surface area contributed by atoms with E-state index in [-0.39, 0.29) is 42.5 Å². The van der Waals surface area contributed by atoms with Crippen LogP contribution in [0, 0.1) is 17.2 Å². The molecule has 3 N–H and O–H groups in total. The molecule has 55 heavy (non-hydrogen) atoms. The number of hydrogen-bond acceptors (Lipinski definition) is 12. The summed E-state index contributed by atoms with van der Waals surface area (Å²) < 4.78 is 6.07. The molecular formula is C39H45ClN10O5. The predicted octanol–water partition coefficient (Wildman–Crippen LogP) is 3.09. The van der Waals surface area contributed by atoms with E-state index < -0.39 is 17.9 Å². The van der Waals surface area contributed by atoms with E-state index in [0.717, 1.165) is 95.8 Å². The van der Waals surface area contributed by atoms with Crippen LogP contribution in [-0.4, -0.2) is 108 Å². The number of nitrogens with zero attached hydrogens (tertiary/aromatic N) is 7. The van der Waals surface area contributed by atoms with Crippen molar-refractivity contribution < 1.29 is 23.9 Å². The molecule has 288 valence electrons. The number of carbonyl (C=O) groups is 4. The number of carbonyl (C=O) groups excluding carboxylic acids is 4. The van der Waals surface area contributed by atoms with Crippen LogP contribution in [0.25, 0.3) is 0 Å². The second kappa shape index (κ2) is 17.4. The molecule has 4 amide bonds. The number of halogens is 1. The molecule has 0 spiro atoms. The van der Waals surface area contributed by atoms with Crippen LogP contribution in [0.1, 0.15) is 77.9 Å². The highest BCUT2D eigenvalue weighted by Gasteiger charge is 2.30. The number of pyridine rings is 1. The topological polar surface area (TPSA) is 186 Å². The normalized spacial score (nSPS) is 22.4. The lowest BCUT2D eigenvalue weighted by Crippen LogP contribution is -2.52. The van der Waals surface area contributed by atoms with E-state index in [0.29, 0.717) is 27.9 Å². The van der Waals surface area contributed by atoms with E-state index in [1.54, 1.807) is 36.5 Å². The van der Waals surface area contributed by atoms with Crippen molar-refractivity contribution in [2.24, 2.45) is 5.92 Å².